The summed E-state index contributed by atoms with van der Waals surface area (Å²) >= 11 is 0. The van der Waals surface area contributed by atoms with Gasteiger partial charge in [-0.2, -0.15) is 0 Å². The highest BCUT2D eigenvalue weighted by molar-refractivity contribution is 5.93. The van der Waals surface area contributed by atoms with Crippen molar-refractivity contribution in [2.75, 3.05) is 13.1 Å². The first kappa shape index (κ1) is 16.1. The van der Waals surface area contributed by atoms with Gasteiger partial charge in [-0.25, -0.2) is 0 Å². The molecule has 1 saturated heterocycles. The van der Waals surface area contributed by atoms with E-state index in [-0.39, 0.29) is 30.7 Å². The average molecular weight is 329 g/mol. The number of amides is 1. The van der Waals surface area contributed by atoms with Gasteiger partial charge in [-0.1, -0.05) is 25.1 Å². The summed E-state index contributed by atoms with van der Waals surface area (Å²) in [5.41, 5.74) is 0.648. The van der Waals surface area contributed by atoms with Crippen molar-refractivity contribution < 1.29 is 23.8 Å². The van der Waals surface area contributed by atoms with Crippen LogP contribution in [0.1, 0.15) is 23.0 Å². The van der Waals surface area contributed by atoms with Gasteiger partial charge in [0.2, 0.25) is 0 Å². The summed E-state index contributed by atoms with van der Waals surface area (Å²) in [6.07, 6.45) is 1.45. The molecule has 24 heavy (non-hydrogen) atoms. The summed E-state index contributed by atoms with van der Waals surface area (Å²) in [4.78, 5) is 25.4. The Labute approximate surface area is 139 Å². The lowest BCUT2D eigenvalue weighted by Gasteiger charge is -2.15. The fraction of sp³-hybridized carbons (Fsp3) is 0.333. The van der Waals surface area contributed by atoms with E-state index in [1.807, 2.05) is 37.3 Å². The molecule has 126 valence electrons. The molecular weight excluding hydrogens is 310 g/mol. The Balaban J connectivity index is 1.68. The van der Waals surface area contributed by atoms with Crippen molar-refractivity contribution in [1.29, 1.82) is 0 Å². The first-order valence-electron chi connectivity index (χ1n) is 7.82. The number of hydrogen-bond acceptors (Lipinski definition) is 4. The molecule has 3 rings (SSSR count). The molecule has 1 N–H and O–H groups in total. The second-order valence-corrected chi connectivity index (χ2v) is 6.01. The monoisotopic (exact) mass is 329 g/mol. The highest BCUT2D eigenvalue weighted by Crippen LogP contribution is 2.26. The van der Waals surface area contributed by atoms with Gasteiger partial charge in [0.1, 0.15) is 12.4 Å². The summed E-state index contributed by atoms with van der Waals surface area (Å²) in [6, 6.07) is 11.0. The fourth-order valence-electron chi connectivity index (χ4n) is 2.91. The lowest BCUT2D eigenvalue weighted by molar-refractivity contribution is -0.142. The lowest BCUT2D eigenvalue weighted by atomic mass is 9.99. The number of nitrogens with zero attached hydrogens (tertiary/aromatic N) is 1. The van der Waals surface area contributed by atoms with Crippen molar-refractivity contribution in [2.24, 2.45) is 11.8 Å². The van der Waals surface area contributed by atoms with Crippen LogP contribution in [0.15, 0.2) is 47.1 Å². The molecule has 1 amide bonds. The summed E-state index contributed by atoms with van der Waals surface area (Å²) in [5, 5.41) is 9.20. The van der Waals surface area contributed by atoms with Gasteiger partial charge in [-0.15, -0.1) is 0 Å². The van der Waals surface area contributed by atoms with Crippen molar-refractivity contribution >= 4 is 11.9 Å². The van der Waals surface area contributed by atoms with Crippen LogP contribution in [0.4, 0.5) is 0 Å². The predicted octanol–water partition coefficient (Wildman–Crippen LogP) is 2.65. The maximum atomic E-state index is 12.6. The van der Waals surface area contributed by atoms with Gasteiger partial charge in [-0.05, 0) is 24.1 Å². The molecule has 0 spiro atoms. The van der Waals surface area contributed by atoms with Crippen molar-refractivity contribution in [2.45, 2.75) is 13.5 Å². The minimum Gasteiger partial charge on any atom is -0.489 e. The molecule has 0 aliphatic carbocycles. The van der Waals surface area contributed by atoms with Crippen molar-refractivity contribution in [3.8, 4) is 5.75 Å². The molecule has 2 heterocycles. The predicted molar refractivity (Wildman–Crippen MR) is 85.7 cm³/mol. The molecular formula is C18H19NO5. The molecule has 1 aliphatic heterocycles. The zero-order chi connectivity index (χ0) is 17.1. The number of rotatable bonds is 5. The van der Waals surface area contributed by atoms with E-state index < -0.39 is 11.9 Å². The molecule has 1 aromatic carbocycles. The maximum absolute atomic E-state index is 12.6. The van der Waals surface area contributed by atoms with Crippen LogP contribution in [0.5, 0.6) is 5.75 Å². The number of furan rings is 1. The smallest absolute Gasteiger partial charge is 0.308 e. The van der Waals surface area contributed by atoms with E-state index in [0.717, 1.165) is 0 Å². The maximum Gasteiger partial charge on any atom is 0.308 e. The molecule has 0 saturated carbocycles. The second-order valence-electron chi connectivity index (χ2n) is 6.01. The standard InChI is InChI=1S/C18H19NO5/c1-12-9-19(10-15(12)18(21)22)17(20)16-13(7-8-23-16)11-24-14-5-3-2-4-6-14/h2-8,12,15H,9-11H2,1H3,(H,21,22)/t12-,15-/m1/s1. The summed E-state index contributed by atoms with van der Waals surface area (Å²) in [6.45, 7) is 2.67. The van der Waals surface area contributed by atoms with Gasteiger partial charge in [0, 0.05) is 18.7 Å². The third-order valence-corrected chi connectivity index (χ3v) is 4.30. The Hall–Kier alpha value is -2.76. The number of para-hydroxylation sites is 1. The van der Waals surface area contributed by atoms with E-state index in [1.165, 1.54) is 11.2 Å². The van der Waals surface area contributed by atoms with Gasteiger partial charge in [0.25, 0.3) is 5.91 Å². The van der Waals surface area contributed by atoms with E-state index in [1.54, 1.807) is 6.07 Å². The van der Waals surface area contributed by atoms with Crippen LogP contribution in [-0.2, 0) is 11.4 Å². The zero-order valence-electron chi connectivity index (χ0n) is 13.3. The van der Waals surface area contributed by atoms with Crippen molar-refractivity contribution in [3.63, 3.8) is 0 Å². The number of benzene rings is 1. The van der Waals surface area contributed by atoms with Gasteiger partial charge >= 0.3 is 5.97 Å². The van der Waals surface area contributed by atoms with Crippen LogP contribution in [0.25, 0.3) is 0 Å². The van der Waals surface area contributed by atoms with Crippen molar-refractivity contribution in [1.82, 2.24) is 4.90 Å². The summed E-state index contributed by atoms with van der Waals surface area (Å²) in [7, 11) is 0. The third-order valence-electron chi connectivity index (χ3n) is 4.30. The van der Waals surface area contributed by atoms with Gasteiger partial charge in [0.15, 0.2) is 5.76 Å². The molecule has 2 atom stereocenters. The molecule has 0 unspecified atom stereocenters. The minimum atomic E-state index is -0.870. The van der Waals surface area contributed by atoms with Crippen LogP contribution in [0.2, 0.25) is 0 Å². The Morgan fingerprint density at radius 1 is 1.25 bits per heavy atom. The lowest BCUT2D eigenvalue weighted by Crippen LogP contribution is -2.30. The summed E-state index contributed by atoms with van der Waals surface area (Å²) < 4.78 is 11.0. The number of carboxylic acids is 1. The number of carboxylic acid groups (broad SMARTS) is 1. The first-order valence-corrected chi connectivity index (χ1v) is 7.82. The summed E-state index contributed by atoms with van der Waals surface area (Å²) in [5.74, 6) is -0.854. The normalized spacial score (nSPS) is 20.1. The van der Waals surface area contributed by atoms with Crippen molar-refractivity contribution in [3.05, 3.63) is 54.0 Å². The minimum absolute atomic E-state index is 0.0783. The quantitative estimate of drug-likeness (QED) is 0.912. The number of ether oxygens (including phenoxy) is 1. The second kappa shape index (κ2) is 6.78. The highest BCUT2D eigenvalue weighted by Gasteiger charge is 2.38. The van der Waals surface area contributed by atoms with Gasteiger partial charge in [0.05, 0.1) is 12.2 Å². The highest BCUT2D eigenvalue weighted by atomic mass is 16.5. The SMILES string of the molecule is C[C@@H]1CN(C(=O)c2occc2COc2ccccc2)C[C@H]1C(=O)O. The molecule has 0 bridgehead atoms. The largest absolute Gasteiger partial charge is 0.489 e. The van der Waals surface area contributed by atoms with Gasteiger partial charge < -0.3 is 19.2 Å². The molecule has 1 aliphatic rings. The zero-order valence-corrected chi connectivity index (χ0v) is 13.3. The first-order chi connectivity index (χ1) is 11.6. The third kappa shape index (κ3) is 3.27. The van der Waals surface area contributed by atoms with E-state index in [0.29, 0.717) is 17.9 Å². The topological polar surface area (TPSA) is 80.0 Å². The Bertz CT molecular complexity index is 724. The van der Waals surface area contributed by atoms with Crippen LogP contribution in [0.3, 0.4) is 0 Å². The van der Waals surface area contributed by atoms with E-state index in [2.05, 4.69) is 0 Å². The molecule has 0 radical (unpaired) electrons. The molecule has 1 fully saturated rings. The van der Waals surface area contributed by atoms with E-state index in [4.69, 9.17) is 9.15 Å². The molecule has 1 aromatic heterocycles. The average Bonchev–Trinajstić information content (AvgIpc) is 3.19. The Morgan fingerprint density at radius 2 is 2.00 bits per heavy atom. The van der Waals surface area contributed by atoms with Gasteiger partial charge in [-0.3, -0.25) is 9.59 Å². The van der Waals surface area contributed by atoms with Crippen LogP contribution >= 0.6 is 0 Å². The van der Waals surface area contributed by atoms with E-state index in [9.17, 15) is 14.7 Å². The number of likely N-dealkylation sites (tertiary alicyclic amines) is 1. The number of carbonyl (C=O) groups excluding carboxylic acids is 1. The molecule has 6 heteroatoms. The van der Waals surface area contributed by atoms with Crippen LogP contribution < -0.4 is 4.74 Å². The number of aliphatic carboxylic acids is 1. The Morgan fingerprint density at radius 3 is 2.67 bits per heavy atom. The van der Waals surface area contributed by atoms with Crippen LogP contribution in [0, 0.1) is 11.8 Å². The number of carbonyl (C=O) groups is 2. The fourth-order valence-corrected chi connectivity index (χ4v) is 2.91. The number of hydrogen-bond donors (Lipinski definition) is 1. The molecule has 2 aromatic rings. The molecule has 6 nitrogen and oxygen atoms in total. The van der Waals surface area contributed by atoms with Crippen LogP contribution in [-0.4, -0.2) is 35.0 Å². The van der Waals surface area contributed by atoms with E-state index >= 15 is 0 Å². The Kier molecular flexibility index (Phi) is 4.55.